The quantitative estimate of drug-likeness (QED) is 0.131. The van der Waals surface area contributed by atoms with Crippen LogP contribution in [0.4, 0.5) is 11.4 Å². The number of carbonyl (C=O) groups excluding carboxylic acids is 2. The van der Waals surface area contributed by atoms with E-state index in [9.17, 15) is 26.4 Å². The molecule has 0 aromatic heterocycles. The van der Waals surface area contributed by atoms with Gasteiger partial charge < -0.3 is 9.47 Å². The van der Waals surface area contributed by atoms with Gasteiger partial charge in [-0.05, 0) is 98.5 Å². The van der Waals surface area contributed by atoms with Crippen molar-refractivity contribution in [1.29, 1.82) is 0 Å². The highest BCUT2D eigenvalue weighted by Gasteiger charge is 2.45. The van der Waals surface area contributed by atoms with Crippen LogP contribution in [-0.2, 0) is 39.1 Å². The maximum Gasteiger partial charge on any atom is 0.308 e. The summed E-state index contributed by atoms with van der Waals surface area (Å²) >= 11 is 0. The van der Waals surface area contributed by atoms with Crippen molar-refractivity contribution in [2.75, 3.05) is 21.8 Å². The lowest BCUT2D eigenvalue weighted by molar-refractivity contribution is -0.144. The van der Waals surface area contributed by atoms with Crippen LogP contribution in [0.1, 0.15) is 61.0 Å². The van der Waals surface area contributed by atoms with Crippen molar-refractivity contribution in [2.24, 2.45) is 0 Å². The lowest BCUT2D eigenvalue weighted by atomic mass is 9.80. The number of nitrogens with zero attached hydrogens (tertiary/aromatic N) is 2. The van der Waals surface area contributed by atoms with Gasteiger partial charge in [0.1, 0.15) is 0 Å². The van der Waals surface area contributed by atoms with E-state index in [1.54, 1.807) is 111 Å². The molecule has 0 fully saturated rings. The minimum atomic E-state index is -4.24. The molecule has 54 heavy (non-hydrogen) atoms. The molecule has 0 saturated heterocycles. The average Bonchev–Trinajstić information content (AvgIpc) is 3.14. The molecule has 10 nitrogen and oxygen atoms in total. The molecule has 5 aromatic carbocycles. The van der Waals surface area contributed by atoms with Crippen LogP contribution in [0.25, 0.3) is 22.3 Å². The molecule has 5 aromatic rings. The van der Waals surface area contributed by atoms with Gasteiger partial charge in [0, 0.05) is 11.1 Å². The molecule has 2 atom stereocenters. The first kappa shape index (κ1) is 36.9. The van der Waals surface area contributed by atoms with Gasteiger partial charge in [0.05, 0.1) is 59.3 Å². The molecule has 0 aliphatic carbocycles. The summed E-state index contributed by atoms with van der Waals surface area (Å²) in [5, 5.41) is 0. The van der Waals surface area contributed by atoms with Gasteiger partial charge in [-0.1, -0.05) is 71.8 Å². The summed E-state index contributed by atoms with van der Waals surface area (Å²) in [6.07, 6.45) is -0.582. The van der Waals surface area contributed by atoms with E-state index in [2.05, 4.69) is 0 Å². The molecule has 0 bridgehead atoms. The van der Waals surface area contributed by atoms with Crippen LogP contribution in [0.3, 0.4) is 0 Å². The molecule has 7 rings (SSSR count). The van der Waals surface area contributed by atoms with E-state index in [4.69, 9.17) is 9.47 Å². The Balaban J connectivity index is 1.51. The fourth-order valence-electron chi connectivity index (χ4n) is 7.41. The van der Waals surface area contributed by atoms with Gasteiger partial charge in [0.15, 0.2) is 0 Å². The molecule has 0 saturated carbocycles. The average molecular weight is 765 g/mol. The number of hydrogen-bond acceptors (Lipinski definition) is 8. The maximum atomic E-state index is 14.7. The molecular weight excluding hydrogens is 725 g/mol. The fraction of sp³-hybridized carbons (Fsp3) is 0.238. The van der Waals surface area contributed by atoms with Gasteiger partial charge in [-0.2, -0.15) is 0 Å². The molecule has 0 N–H and O–H groups in total. The van der Waals surface area contributed by atoms with Crippen LogP contribution in [0.2, 0.25) is 0 Å². The van der Waals surface area contributed by atoms with Crippen LogP contribution >= 0.6 is 0 Å². The third-order valence-corrected chi connectivity index (χ3v) is 13.5. The van der Waals surface area contributed by atoms with E-state index < -0.39 is 44.1 Å². The maximum absolute atomic E-state index is 14.7. The van der Waals surface area contributed by atoms with Gasteiger partial charge in [-0.25, -0.2) is 16.8 Å². The molecule has 2 unspecified atom stereocenters. The Bertz CT molecular complexity index is 2310. The van der Waals surface area contributed by atoms with Gasteiger partial charge in [-0.3, -0.25) is 18.2 Å². The molecule has 0 amide bonds. The lowest BCUT2D eigenvalue weighted by Crippen LogP contribution is -2.40. The zero-order valence-corrected chi connectivity index (χ0v) is 32.0. The van der Waals surface area contributed by atoms with E-state index in [1.807, 2.05) is 26.0 Å². The summed E-state index contributed by atoms with van der Waals surface area (Å²) in [4.78, 5) is 26.8. The van der Waals surface area contributed by atoms with Crippen LogP contribution in [0.15, 0.2) is 119 Å². The zero-order valence-electron chi connectivity index (χ0n) is 30.4. The summed E-state index contributed by atoms with van der Waals surface area (Å²) in [6, 6.07) is 28.8. The topological polar surface area (TPSA) is 127 Å². The summed E-state index contributed by atoms with van der Waals surface area (Å²) in [6.45, 7) is 7.34. The van der Waals surface area contributed by atoms with Crippen LogP contribution < -0.4 is 8.61 Å². The Labute approximate surface area is 316 Å². The predicted molar refractivity (Wildman–Crippen MR) is 207 cm³/mol. The van der Waals surface area contributed by atoms with Crippen molar-refractivity contribution in [3.8, 4) is 22.3 Å². The van der Waals surface area contributed by atoms with Gasteiger partial charge >= 0.3 is 11.9 Å². The highest BCUT2D eigenvalue weighted by Crippen LogP contribution is 2.55. The minimum absolute atomic E-state index is 0.0648. The Morgan fingerprint density at radius 3 is 1.24 bits per heavy atom. The molecule has 0 spiro atoms. The standard InChI is InChI=1S/C42H40N2O8S2/c1-5-51-41(45)25-39-35-23-34-32-12-8-10-14-38(32)44(54(49,50)30-21-17-28(4)18-22-30)40(26-42(46)52-6-2)36(34)24-33(35)31-11-7-9-13-37(31)43(39)53(47,48)29-19-15-27(3)16-20-29/h7-24,39-40H,5-6,25-26H2,1-4H3. The van der Waals surface area contributed by atoms with Crippen molar-refractivity contribution >= 4 is 43.4 Å². The third kappa shape index (κ3) is 6.43. The molecular formula is C42H40N2O8S2. The van der Waals surface area contributed by atoms with Gasteiger partial charge in [0.25, 0.3) is 20.0 Å². The Hall–Kier alpha value is -5.46. The smallest absolute Gasteiger partial charge is 0.308 e. The van der Waals surface area contributed by atoms with E-state index >= 15 is 0 Å². The number of hydrogen-bond donors (Lipinski definition) is 0. The number of para-hydroxylation sites is 2. The highest BCUT2D eigenvalue weighted by molar-refractivity contribution is 7.93. The number of esters is 2. The Kier molecular flexibility index (Phi) is 9.84. The van der Waals surface area contributed by atoms with Crippen LogP contribution in [0, 0.1) is 13.8 Å². The number of rotatable bonds is 10. The first-order chi connectivity index (χ1) is 25.9. The van der Waals surface area contributed by atoms with E-state index in [-0.39, 0.29) is 35.8 Å². The van der Waals surface area contributed by atoms with Crippen molar-refractivity contribution in [2.45, 2.75) is 62.4 Å². The number of carbonyl (C=O) groups is 2. The van der Waals surface area contributed by atoms with E-state index in [0.29, 0.717) is 44.8 Å². The number of aryl methyl sites for hydroxylation is 2. The summed E-state index contributed by atoms with van der Waals surface area (Å²) in [5.41, 5.74) is 5.89. The third-order valence-electron chi connectivity index (χ3n) is 9.86. The number of ether oxygens (including phenoxy) is 2. The largest absolute Gasteiger partial charge is 0.466 e. The molecule has 0 radical (unpaired) electrons. The van der Waals surface area contributed by atoms with E-state index in [0.717, 1.165) is 11.1 Å². The van der Waals surface area contributed by atoms with Crippen molar-refractivity contribution < 1.29 is 35.9 Å². The van der Waals surface area contributed by atoms with Crippen molar-refractivity contribution in [3.63, 3.8) is 0 Å². The molecule has 2 aliphatic heterocycles. The van der Waals surface area contributed by atoms with Crippen molar-refractivity contribution in [1.82, 2.24) is 0 Å². The van der Waals surface area contributed by atoms with Crippen LogP contribution in [-0.4, -0.2) is 42.0 Å². The number of fused-ring (bicyclic) bond motifs is 6. The Morgan fingerprint density at radius 1 is 0.537 bits per heavy atom. The monoisotopic (exact) mass is 764 g/mol. The Morgan fingerprint density at radius 2 is 0.889 bits per heavy atom. The van der Waals surface area contributed by atoms with Crippen LogP contribution in [0.5, 0.6) is 0 Å². The second-order valence-corrected chi connectivity index (χ2v) is 17.0. The first-order valence-corrected chi connectivity index (χ1v) is 20.6. The molecule has 2 aliphatic rings. The number of benzene rings is 5. The lowest BCUT2D eigenvalue weighted by Gasteiger charge is -2.42. The molecule has 12 heteroatoms. The molecule has 2 heterocycles. The summed E-state index contributed by atoms with van der Waals surface area (Å²) < 4.78 is 72.2. The van der Waals surface area contributed by atoms with Crippen molar-refractivity contribution in [3.05, 3.63) is 131 Å². The number of anilines is 2. The molecule has 278 valence electrons. The second kappa shape index (κ2) is 14.4. The van der Waals surface area contributed by atoms with Gasteiger partial charge in [0.2, 0.25) is 0 Å². The van der Waals surface area contributed by atoms with E-state index in [1.165, 1.54) is 8.61 Å². The SMILES string of the molecule is CCOC(=O)CC1c2cc3c(cc2-c2ccccc2N1S(=O)(=O)c1ccc(C)cc1)C(CC(=O)OCC)N(S(=O)(=O)c1ccc(C)cc1)c1ccccc1-3. The normalized spacial score (nSPS) is 16.1. The van der Waals surface area contributed by atoms with Gasteiger partial charge in [-0.15, -0.1) is 0 Å². The summed E-state index contributed by atoms with van der Waals surface area (Å²) in [7, 11) is -8.49. The predicted octanol–water partition coefficient (Wildman–Crippen LogP) is 8.04. The number of sulfonamides is 2. The fourth-order valence-corrected chi connectivity index (χ4v) is 10.7. The highest BCUT2D eigenvalue weighted by atomic mass is 32.2. The zero-order chi connectivity index (χ0) is 38.4. The second-order valence-electron chi connectivity index (χ2n) is 13.3. The summed E-state index contributed by atoms with van der Waals surface area (Å²) in [5.74, 6) is -1.16. The minimum Gasteiger partial charge on any atom is -0.466 e. The first-order valence-electron chi connectivity index (χ1n) is 17.8.